The lowest BCUT2D eigenvalue weighted by Gasteiger charge is -2.29. The second kappa shape index (κ2) is 10.9. The van der Waals surface area contributed by atoms with E-state index in [9.17, 15) is 8.60 Å². The van der Waals surface area contributed by atoms with Gasteiger partial charge in [0, 0.05) is 18.8 Å². The van der Waals surface area contributed by atoms with Crippen LogP contribution in [0.25, 0.3) is 5.70 Å². The van der Waals surface area contributed by atoms with Gasteiger partial charge in [-0.05, 0) is 74.1 Å². The molecule has 176 valence electrons. The third kappa shape index (κ3) is 7.04. The van der Waals surface area contributed by atoms with Crippen molar-refractivity contribution < 1.29 is 8.60 Å². The van der Waals surface area contributed by atoms with Gasteiger partial charge in [-0.2, -0.15) is 10.3 Å². The smallest absolute Gasteiger partial charge is 0.177 e. The van der Waals surface area contributed by atoms with Crippen LogP contribution in [0.1, 0.15) is 50.3 Å². The van der Waals surface area contributed by atoms with Gasteiger partial charge in [0.25, 0.3) is 0 Å². The zero-order valence-electron chi connectivity index (χ0n) is 18.8. The van der Waals surface area contributed by atoms with Gasteiger partial charge in [-0.15, -0.1) is 5.10 Å². The number of H-pyrrole nitrogens is 1. The molecule has 3 rings (SSSR count). The summed E-state index contributed by atoms with van der Waals surface area (Å²) in [6, 6.07) is 4.93. The van der Waals surface area contributed by atoms with Crippen LogP contribution in [0.3, 0.4) is 0 Å². The Kier molecular flexibility index (Phi) is 8.27. The molecule has 8 nitrogen and oxygen atoms in total. The number of hydrogen-bond donors (Lipinski definition) is 5. The summed E-state index contributed by atoms with van der Waals surface area (Å²) >= 11 is 0. The van der Waals surface area contributed by atoms with Crippen LogP contribution >= 0.6 is 0 Å². The molecule has 1 fully saturated rings. The minimum absolute atomic E-state index is 0.231. The van der Waals surface area contributed by atoms with E-state index in [1.807, 2.05) is 13.0 Å². The number of nitrogens with two attached hydrogens (primary N) is 1. The second-order valence-electron chi connectivity index (χ2n) is 8.49. The molecular weight excluding hydrogens is 429 g/mol. The van der Waals surface area contributed by atoms with Gasteiger partial charge in [-0.3, -0.25) is 0 Å². The van der Waals surface area contributed by atoms with Crippen LogP contribution in [0.15, 0.2) is 24.3 Å². The summed E-state index contributed by atoms with van der Waals surface area (Å²) in [5.41, 5.74) is 2.88. The van der Waals surface area contributed by atoms with Gasteiger partial charge >= 0.3 is 0 Å². The Morgan fingerprint density at radius 2 is 2.09 bits per heavy atom. The Morgan fingerprint density at radius 3 is 2.78 bits per heavy atom. The Hall–Kier alpha value is -2.43. The second-order valence-corrected chi connectivity index (χ2v) is 10.2. The summed E-state index contributed by atoms with van der Waals surface area (Å²) in [4.78, 5) is 0. The maximum Gasteiger partial charge on any atom is 0.177 e. The fourth-order valence-corrected chi connectivity index (χ4v) is 4.62. The summed E-state index contributed by atoms with van der Waals surface area (Å²) in [7, 11) is -2.66. The van der Waals surface area contributed by atoms with E-state index in [2.05, 4.69) is 36.6 Å². The SMILES string of the molecule is C=S(N)(=O)NCC1CCCC(CNc2n[nH]nc2/C(=C/CC)Nc2ccc(F)c(C)c2)C1. The zero-order chi connectivity index (χ0) is 23.1. The summed E-state index contributed by atoms with van der Waals surface area (Å²) in [5, 5.41) is 23.6. The van der Waals surface area contributed by atoms with Crippen molar-refractivity contribution in [3.8, 4) is 0 Å². The Balaban J connectivity index is 1.63. The van der Waals surface area contributed by atoms with Gasteiger partial charge in [0.05, 0.1) is 15.6 Å². The number of aryl methyl sites for hydroxylation is 1. The van der Waals surface area contributed by atoms with Gasteiger partial charge in [-0.1, -0.05) is 19.4 Å². The third-order valence-electron chi connectivity index (χ3n) is 5.71. The van der Waals surface area contributed by atoms with Crippen LogP contribution < -0.4 is 20.5 Å². The number of nitrogens with zero attached hydrogens (tertiary/aromatic N) is 2. The molecule has 1 aliphatic rings. The predicted octanol–water partition coefficient (Wildman–Crippen LogP) is 3.43. The maximum atomic E-state index is 13.6. The van der Waals surface area contributed by atoms with E-state index in [4.69, 9.17) is 5.14 Å². The molecule has 0 saturated heterocycles. The van der Waals surface area contributed by atoms with Gasteiger partial charge in [-0.25, -0.2) is 18.5 Å². The Bertz CT molecular complexity index is 1030. The highest BCUT2D eigenvalue weighted by molar-refractivity contribution is 7.96. The summed E-state index contributed by atoms with van der Waals surface area (Å²) < 4.78 is 28.1. The quantitative estimate of drug-likeness (QED) is 0.346. The highest BCUT2D eigenvalue weighted by Gasteiger charge is 2.23. The fraction of sp³-hybridized carbons (Fsp3) is 0.500. The monoisotopic (exact) mass is 463 g/mol. The van der Waals surface area contributed by atoms with E-state index in [0.29, 0.717) is 35.5 Å². The van der Waals surface area contributed by atoms with E-state index >= 15 is 0 Å². The van der Waals surface area contributed by atoms with Crippen LogP contribution in [0.2, 0.25) is 0 Å². The van der Waals surface area contributed by atoms with Gasteiger partial charge < -0.3 is 10.6 Å². The molecule has 32 heavy (non-hydrogen) atoms. The number of allylic oxidation sites excluding steroid dienone is 1. The topological polar surface area (TPSA) is 121 Å². The molecule has 0 aliphatic heterocycles. The first kappa shape index (κ1) is 24.2. The van der Waals surface area contributed by atoms with Crippen molar-refractivity contribution in [1.82, 2.24) is 20.1 Å². The Morgan fingerprint density at radius 1 is 1.34 bits per heavy atom. The molecule has 0 bridgehead atoms. The van der Waals surface area contributed by atoms with Crippen LogP contribution in [-0.2, 0) is 9.89 Å². The first-order valence-electron chi connectivity index (χ1n) is 11.0. The van der Waals surface area contributed by atoms with Gasteiger partial charge in [0.1, 0.15) is 5.82 Å². The number of hydrogen-bond acceptors (Lipinski definition) is 5. The van der Waals surface area contributed by atoms with Crippen molar-refractivity contribution in [2.75, 3.05) is 23.7 Å². The standard InChI is InChI=1S/C22H34FN7OS/c1-4-6-20(27-18-9-10-19(23)15(2)11-18)21-22(29-30-28-21)25-13-16-7-5-8-17(12-16)14-26-32(3,24)31/h6,9-11,16-17,27H,3-5,7-8,12-14H2,1-2H3,(H3,24,26,31)(H2,25,28,29,30)/b20-6-. The summed E-state index contributed by atoms with van der Waals surface area (Å²) in [6.45, 7) is 5.18. The minimum atomic E-state index is -2.66. The number of halogens is 1. The lowest BCUT2D eigenvalue weighted by Crippen LogP contribution is -2.36. The molecule has 1 aromatic carbocycles. The average molecular weight is 464 g/mol. The fourth-order valence-electron chi connectivity index (χ4n) is 4.10. The number of nitrogens with one attached hydrogen (secondary N) is 4. The molecule has 3 atom stereocenters. The van der Waals surface area contributed by atoms with E-state index in [0.717, 1.165) is 50.0 Å². The number of rotatable bonds is 10. The van der Waals surface area contributed by atoms with Gasteiger partial charge in [0.2, 0.25) is 0 Å². The van der Waals surface area contributed by atoms with Gasteiger partial charge in [0.15, 0.2) is 11.5 Å². The number of aromatic nitrogens is 3. The van der Waals surface area contributed by atoms with Crippen molar-refractivity contribution in [1.29, 1.82) is 0 Å². The molecule has 1 saturated carbocycles. The first-order chi connectivity index (χ1) is 15.2. The van der Waals surface area contributed by atoms with E-state index in [1.165, 1.54) is 6.07 Å². The molecular formula is C22H34FN7OS. The maximum absolute atomic E-state index is 13.6. The molecule has 0 spiro atoms. The molecule has 1 aliphatic carbocycles. The van der Waals surface area contributed by atoms with Crippen LogP contribution in [0, 0.1) is 24.6 Å². The molecule has 0 amide bonds. The summed E-state index contributed by atoms with van der Waals surface area (Å²) in [6.07, 6.45) is 7.21. The van der Waals surface area contributed by atoms with E-state index in [-0.39, 0.29) is 5.82 Å². The number of anilines is 2. The molecule has 0 radical (unpaired) electrons. The lowest BCUT2D eigenvalue weighted by molar-refractivity contribution is 0.277. The molecule has 10 heteroatoms. The molecule has 3 unspecified atom stereocenters. The van der Waals surface area contributed by atoms with Crippen LogP contribution in [-0.4, -0.2) is 38.6 Å². The van der Waals surface area contributed by atoms with E-state index < -0.39 is 9.89 Å². The van der Waals surface area contributed by atoms with E-state index in [1.54, 1.807) is 19.1 Å². The van der Waals surface area contributed by atoms with Crippen LogP contribution in [0.5, 0.6) is 0 Å². The number of benzene rings is 1. The molecule has 1 heterocycles. The highest BCUT2D eigenvalue weighted by atomic mass is 32.2. The molecule has 1 aromatic heterocycles. The first-order valence-corrected chi connectivity index (χ1v) is 12.8. The predicted molar refractivity (Wildman–Crippen MR) is 131 cm³/mol. The molecule has 2 aromatic rings. The Labute approximate surface area is 189 Å². The van der Waals surface area contributed by atoms with Crippen molar-refractivity contribution in [2.45, 2.75) is 46.0 Å². The zero-order valence-corrected chi connectivity index (χ0v) is 19.6. The lowest BCUT2D eigenvalue weighted by atomic mass is 9.81. The van der Waals surface area contributed by atoms with Crippen LogP contribution in [0.4, 0.5) is 15.9 Å². The number of aromatic amines is 1. The van der Waals surface area contributed by atoms with Crippen molar-refractivity contribution in [3.05, 3.63) is 41.3 Å². The normalized spacial score (nSPS) is 21.2. The van der Waals surface area contributed by atoms with Crippen molar-refractivity contribution in [2.24, 2.45) is 17.0 Å². The summed E-state index contributed by atoms with van der Waals surface area (Å²) in [5.74, 6) is 4.81. The molecule has 6 N–H and O–H groups in total. The highest BCUT2D eigenvalue weighted by Crippen LogP contribution is 2.30. The van der Waals surface area contributed by atoms with Crippen molar-refractivity contribution >= 4 is 33.0 Å². The third-order valence-corrected chi connectivity index (χ3v) is 6.37. The van der Waals surface area contributed by atoms with Crippen molar-refractivity contribution in [3.63, 3.8) is 0 Å². The largest absolute Gasteiger partial charge is 0.366 e. The average Bonchev–Trinajstić information content (AvgIpc) is 3.21. The minimum Gasteiger partial charge on any atom is -0.366 e.